The highest BCUT2D eigenvalue weighted by molar-refractivity contribution is 8.06. The maximum atomic E-state index is 4.09. The third kappa shape index (κ3) is 4.06. The number of thioether (sulfide) groups is 2. The molecule has 20 heavy (non-hydrogen) atoms. The van der Waals surface area contributed by atoms with Gasteiger partial charge in [0.15, 0.2) is 0 Å². The molecule has 3 rings (SSSR count). The number of piperidine rings is 1. The van der Waals surface area contributed by atoms with Crippen molar-refractivity contribution in [2.75, 3.05) is 41.8 Å². The summed E-state index contributed by atoms with van der Waals surface area (Å²) < 4.78 is 0. The molecule has 0 aliphatic carbocycles. The fourth-order valence-corrected chi connectivity index (χ4v) is 5.47. The van der Waals surface area contributed by atoms with E-state index in [4.69, 9.17) is 0 Å². The van der Waals surface area contributed by atoms with E-state index in [1.807, 2.05) is 12.4 Å². The van der Waals surface area contributed by atoms with Crippen molar-refractivity contribution in [2.24, 2.45) is 0 Å². The van der Waals surface area contributed by atoms with Gasteiger partial charge >= 0.3 is 0 Å². The molecular formula is C15H23N3S2. The Morgan fingerprint density at radius 1 is 1.20 bits per heavy atom. The van der Waals surface area contributed by atoms with Gasteiger partial charge in [-0.05, 0) is 25.0 Å². The van der Waals surface area contributed by atoms with E-state index in [1.54, 1.807) is 0 Å². The van der Waals surface area contributed by atoms with E-state index < -0.39 is 0 Å². The molecule has 2 saturated heterocycles. The molecule has 110 valence electrons. The maximum Gasteiger partial charge on any atom is 0.0397 e. The molecule has 2 aliphatic rings. The SMILES string of the molecule is c1cc(N2CCC(NCC3CSCCS3)CC2)ccn1. The molecule has 1 aromatic rings. The molecule has 0 aromatic carbocycles. The van der Waals surface area contributed by atoms with E-state index >= 15 is 0 Å². The number of nitrogens with one attached hydrogen (secondary N) is 1. The zero-order valence-corrected chi connectivity index (χ0v) is 13.5. The standard InChI is InChI=1S/C15H23N3S2/c1-5-16-6-2-14(1)18-7-3-13(4-8-18)17-11-15-12-19-9-10-20-15/h1-2,5-6,13,15,17H,3-4,7-12H2. The first kappa shape index (κ1) is 14.5. The minimum atomic E-state index is 0.709. The summed E-state index contributed by atoms with van der Waals surface area (Å²) in [7, 11) is 0. The van der Waals surface area contributed by atoms with Gasteiger partial charge in [-0.15, -0.1) is 0 Å². The van der Waals surface area contributed by atoms with Crippen molar-refractivity contribution in [3.8, 4) is 0 Å². The molecule has 0 spiro atoms. The fraction of sp³-hybridized carbons (Fsp3) is 0.667. The lowest BCUT2D eigenvalue weighted by molar-refractivity contribution is 0.418. The van der Waals surface area contributed by atoms with Gasteiger partial charge in [-0.25, -0.2) is 0 Å². The lowest BCUT2D eigenvalue weighted by Gasteiger charge is -2.34. The lowest BCUT2D eigenvalue weighted by Crippen LogP contribution is -2.44. The third-order valence-corrected chi connectivity index (χ3v) is 6.89. The first-order chi connectivity index (χ1) is 9.92. The van der Waals surface area contributed by atoms with Gasteiger partial charge in [0.2, 0.25) is 0 Å². The molecule has 1 aromatic heterocycles. The Morgan fingerprint density at radius 3 is 2.70 bits per heavy atom. The van der Waals surface area contributed by atoms with Gasteiger partial charge in [0.05, 0.1) is 0 Å². The van der Waals surface area contributed by atoms with Crippen LogP contribution < -0.4 is 10.2 Å². The van der Waals surface area contributed by atoms with E-state index in [9.17, 15) is 0 Å². The highest BCUT2D eigenvalue weighted by atomic mass is 32.2. The topological polar surface area (TPSA) is 28.2 Å². The number of hydrogen-bond donors (Lipinski definition) is 1. The molecule has 0 bridgehead atoms. The second kappa shape index (κ2) is 7.57. The Bertz CT molecular complexity index is 387. The van der Waals surface area contributed by atoms with Crippen LogP contribution in [0.2, 0.25) is 0 Å². The van der Waals surface area contributed by atoms with Gasteiger partial charge in [0.25, 0.3) is 0 Å². The molecular weight excluding hydrogens is 286 g/mol. The molecule has 0 amide bonds. The molecule has 2 fully saturated rings. The summed E-state index contributed by atoms with van der Waals surface area (Å²) in [6, 6.07) is 4.94. The van der Waals surface area contributed by atoms with Crippen molar-refractivity contribution in [2.45, 2.75) is 24.1 Å². The van der Waals surface area contributed by atoms with Crippen LogP contribution >= 0.6 is 23.5 Å². The Hall–Kier alpha value is -0.390. The van der Waals surface area contributed by atoms with Gasteiger partial charge in [-0.2, -0.15) is 23.5 Å². The maximum absolute atomic E-state index is 4.09. The molecule has 3 nitrogen and oxygen atoms in total. The van der Waals surface area contributed by atoms with Crippen LogP contribution in [0.15, 0.2) is 24.5 Å². The first-order valence-electron chi connectivity index (χ1n) is 7.49. The molecule has 3 heterocycles. The lowest BCUT2D eigenvalue weighted by atomic mass is 10.0. The Morgan fingerprint density at radius 2 is 2.00 bits per heavy atom. The molecule has 0 radical (unpaired) electrons. The third-order valence-electron chi connectivity index (χ3n) is 4.04. The highest BCUT2D eigenvalue weighted by Crippen LogP contribution is 2.24. The monoisotopic (exact) mass is 309 g/mol. The Kier molecular flexibility index (Phi) is 5.51. The quantitative estimate of drug-likeness (QED) is 0.922. The van der Waals surface area contributed by atoms with Crippen LogP contribution in [0.1, 0.15) is 12.8 Å². The van der Waals surface area contributed by atoms with Crippen molar-refractivity contribution in [3.63, 3.8) is 0 Å². The molecule has 1 atom stereocenters. The zero-order chi connectivity index (χ0) is 13.6. The average molecular weight is 310 g/mol. The van der Waals surface area contributed by atoms with Crippen molar-refractivity contribution in [1.29, 1.82) is 0 Å². The van der Waals surface area contributed by atoms with E-state index in [0.29, 0.717) is 6.04 Å². The molecule has 0 saturated carbocycles. The van der Waals surface area contributed by atoms with Crippen LogP contribution in [0.3, 0.4) is 0 Å². The van der Waals surface area contributed by atoms with Gasteiger partial charge in [-0.1, -0.05) is 0 Å². The number of rotatable bonds is 4. The van der Waals surface area contributed by atoms with Crippen LogP contribution in [0.5, 0.6) is 0 Å². The van der Waals surface area contributed by atoms with Gasteiger partial charge in [0.1, 0.15) is 0 Å². The predicted octanol–water partition coefficient (Wildman–Crippen LogP) is 2.49. The number of nitrogens with zero attached hydrogens (tertiary/aromatic N) is 2. The second-order valence-electron chi connectivity index (χ2n) is 5.44. The molecule has 1 N–H and O–H groups in total. The number of pyridine rings is 1. The first-order valence-corrected chi connectivity index (χ1v) is 9.70. The van der Waals surface area contributed by atoms with Crippen LogP contribution in [0.4, 0.5) is 5.69 Å². The summed E-state index contributed by atoms with van der Waals surface area (Å²) in [5.74, 6) is 4.00. The minimum Gasteiger partial charge on any atom is -0.371 e. The zero-order valence-electron chi connectivity index (χ0n) is 11.8. The van der Waals surface area contributed by atoms with Crippen LogP contribution in [-0.4, -0.2) is 53.2 Å². The normalized spacial score (nSPS) is 24.8. The fourth-order valence-electron chi connectivity index (χ4n) is 2.85. The van der Waals surface area contributed by atoms with Crippen LogP contribution in [0, 0.1) is 0 Å². The van der Waals surface area contributed by atoms with E-state index in [1.165, 1.54) is 42.3 Å². The highest BCUT2D eigenvalue weighted by Gasteiger charge is 2.21. The van der Waals surface area contributed by atoms with Gasteiger partial charge < -0.3 is 10.2 Å². The molecule has 2 aliphatic heterocycles. The van der Waals surface area contributed by atoms with E-state index in [0.717, 1.165) is 18.3 Å². The molecule has 1 unspecified atom stereocenters. The van der Waals surface area contributed by atoms with E-state index in [2.05, 4.69) is 50.9 Å². The van der Waals surface area contributed by atoms with Crippen molar-refractivity contribution >= 4 is 29.2 Å². The Labute approximate surface area is 130 Å². The number of aromatic nitrogens is 1. The predicted molar refractivity (Wildman–Crippen MR) is 91.0 cm³/mol. The summed E-state index contributed by atoms with van der Waals surface area (Å²) in [4.78, 5) is 6.57. The van der Waals surface area contributed by atoms with Gasteiger partial charge in [-0.3, -0.25) is 4.98 Å². The largest absolute Gasteiger partial charge is 0.371 e. The average Bonchev–Trinajstić information content (AvgIpc) is 2.55. The number of hydrogen-bond acceptors (Lipinski definition) is 5. The smallest absolute Gasteiger partial charge is 0.0397 e. The molecule has 5 heteroatoms. The summed E-state index contributed by atoms with van der Waals surface area (Å²) in [5, 5.41) is 4.62. The summed E-state index contributed by atoms with van der Waals surface area (Å²) in [5.41, 5.74) is 1.32. The summed E-state index contributed by atoms with van der Waals surface area (Å²) in [6.07, 6.45) is 6.29. The van der Waals surface area contributed by atoms with E-state index in [-0.39, 0.29) is 0 Å². The minimum absolute atomic E-state index is 0.709. The summed E-state index contributed by atoms with van der Waals surface area (Å²) >= 11 is 4.26. The van der Waals surface area contributed by atoms with Crippen molar-refractivity contribution in [3.05, 3.63) is 24.5 Å². The van der Waals surface area contributed by atoms with Crippen LogP contribution in [0.25, 0.3) is 0 Å². The van der Waals surface area contributed by atoms with Crippen LogP contribution in [-0.2, 0) is 0 Å². The number of anilines is 1. The van der Waals surface area contributed by atoms with Crippen molar-refractivity contribution in [1.82, 2.24) is 10.3 Å². The van der Waals surface area contributed by atoms with Crippen molar-refractivity contribution < 1.29 is 0 Å². The van der Waals surface area contributed by atoms with Gasteiger partial charge in [0, 0.05) is 66.3 Å². The second-order valence-corrected chi connectivity index (χ2v) is 8.00. The summed E-state index contributed by atoms with van der Waals surface area (Å²) in [6.45, 7) is 3.51. The Balaban J connectivity index is 1.40.